The minimum atomic E-state index is -0.652. The van der Waals surface area contributed by atoms with Gasteiger partial charge in [0.1, 0.15) is 0 Å². The highest BCUT2D eigenvalue weighted by Crippen LogP contribution is 2.29. The molecular formula is C11H11Cl2N3O. The Morgan fingerprint density at radius 1 is 1.29 bits per heavy atom. The Kier molecular flexibility index (Phi) is 3.12. The molecular weight excluding hydrogens is 261 g/mol. The fourth-order valence-electron chi connectivity index (χ4n) is 1.26. The predicted octanol–water partition coefficient (Wildman–Crippen LogP) is 3.24. The number of hydrogen-bond acceptors (Lipinski definition) is 4. The van der Waals surface area contributed by atoms with Gasteiger partial charge in [0.25, 0.3) is 5.89 Å². The number of aromatic nitrogens is 2. The number of nitrogens with zero attached hydrogens (tertiary/aromatic N) is 2. The van der Waals surface area contributed by atoms with Crippen molar-refractivity contribution in [3.05, 3.63) is 34.1 Å². The average Bonchev–Trinajstić information content (AvgIpc) is 2.65. The van der Waals surface area contributed by atoms with Crippen LogP contribution in [-0.2, 0) is 5.54 Å². The lowest BCUT2D eigenvalue weighted by Crippen LogP contribution is -2.30. The number of rotatable bonds is 2. The molecule has 0 saturated carbocycles. The van der Waals surface area contributed by atoms with Crippen molar-refractivity contribution >= 4 is 23.2 Å². The van der Waals surface area contributed by atoms with Crippen LogP contribution in [0, 0.1) is 0 Å². The number of benzene rings is 1. The van der Waals surface area contributed by atoms with Crippen LogP contribution >= 0.6 is 23.2 Å². The van der Waals surface area contributed by atoms with E-state index in [2.05, 4.69) is 10.1 Å². The van der Waals surface area contributed by atoms with E-state index in [0.717, 1.165) is 0 Å². The SMILES string of the molecule is CC(C)(N)c1noc(-c2ccc(Cl)cc2Cl)n1. The molecule has 0 aliphatic heterocycles. The maximum atomic E-state index is 6.04. The lowest BCUT2D eigenvalue weighted by atomic mass is 10.1. The fraction of sp³-hybridized carbons (Fsp3) is 0.273. The summed E-state index contributed by atoms with van der Waals surface area (Å²) >= 11 is 11.9. The van der Waals surface area contributed by atoms with Crippen molar-refractivity contribution in [3.63, 3.8) is 0 Å². The van der Waals surface area contributed by atoms with Crippen molar-refractivity contribution in [2.45, 2.75) is 19.4 Å². The number of hydrogen-bond donors (Lipinski definition) is 1. The van der Waals surface area contributed by atoms with Crippen molar-refractivity contribution in [1.29, 1.82) is 0 Å². The second-order valence-electron chi connectivity index (χ2n) is 4.27. The molecule has 0 spiro atoms. The van der Waals surface area contributed by atoms with Gasteiger partial charge in [0, 0.05) is 5.02 Å². The highest BCUT2D eigenvalue weighted by Gasteiger charge is 2.22. The molecule has 0 aliphatic carbocycles. The summed E-state index contributed by atoms with van der Waals surface area (Å²) in [4.78, 5) is 4.21. The Hall–Kier alpha value is -1.10. The predicted molar refractivity (Wildman–Crippen MR) is 67.0 cm³/mol. The monoisotopic (exact) mass is 271 g/mol. The first-order valence-electron chi connectivity index (χ1n) is 4.96. The van der Waals surface area contributed by atoms with E-state index < -0.39 is 5.54 Å². The number of nitrogens with two attached hydrogens (primary N) is 1. The molecule has 4 nitrogen and oxygen atoms in total. The quantitative estimate of drug-likeness (QED) is 0.911. The van der Waals surface area contributed by atoms with Gasteiger partial charge >= 0.3 is 0 Å². The standard InChI is InChI=1S/C11H11Cl2N3O/c1-11(2,14)10-15-9(17-16-10)7-4-3-6(12)5-8(7)13/h3-5H,14H2,1-2H3. The molecule has 0 saturated heterocycles. The van der Waals surface area contributed by atoms with Crippen LogP contribution in [0.1, 0.15) is 19.7 Å². The van der Waals surface area contributed by atoms with Crippen molar-refractivity contribution in [3.8, 4) is 11.5 Å². The van der Waals surface area contributed by atoms with Crippen molar-refractivity contribution < 1.29 is 4.52 Å². The topological polar surface area (TPSA) is 64.9 Å². The van der Waals surface area contributed by atoms with Gasteiger partial charge in [0.15, 0.2) is 5.82 Å². The van der Waals surface area contributed by atoms with Gasteiger partial charge in [-0.15, -0.1) is 0 Å². The fourth-order valence-corrected chi connectivity index (χ4v) is 1.75. The second kappa shape index (κ2) is 4.29. The first kappa shape index (κ1) is 12.4. The summed E-state index contributed by atoms with van der Waals surface area (Å²) in [5, 5.41) is 4.84. The largest absolute Gasteiger partial charge is 0.334 e. The normalized spacial score (nSPS) is 11.8. The lowest BCUT2D eigenvalue weighted by molar-refractivity contribution is 0.397. The van der Waals surface area contributed by atoms with Crippen LogP contribution in [0.2, 0.25) is 10.0 Å². The molecule has 1 aromatic carbocycles. The molecule has 1 heterocycles. The molecule has 0 amide bonds. The molecule has 0 fully saturated rings. The van der Waals surface area contributed by atoms with E-state index in [9.17, 15) is 0 Å². The van der Waals surface area contributed by atoms with Crippen molar-refractivity contribution in [2.24, 2.45) is 5.73 Å². The van der Waals surface area contributed by atoms with Gasteiger partial charge in [0.2, 0.25) is 0 Å². The lowest BCUT2D eigenvalue weighted by Gasteiger charge is -2.11. The van der Waals surface area contributed by atoms with Crippen molar-refractivity contribution in [1.82, 2.24) is 10.1 Å². The molecule has 0 unspecified atom stereocenters. The summed E-state index contributed by atoms with van der Waals surface area (Å²) in [6.07, 6.45) is 0. The van der Waals surface area contributed by atoms with Gasteiger partial charge in [-0.25, -0.2) is 0 Å². The summed E-state index contributed by atoms with van der Waals surface area (Å²) in [6.45, 7) is 3.59. The van der Waals surface area contributed by atoms with E-state index in [1.165, 1.54) is 0 Å². The summed E-state index contributed by atoms with van der Waals surface area (Å²) in [7, 11) is 0. The third kappa shape index (κ3) is 2.60. The van der Waals surface area contributed by atoms with Crippen LogP contribution in [0.15, 0.2) is 22.7 Å². The Balaban J connectivity index is 2.44. The van der Waals surface area contributed by atoms with E-state index in [-0.39, 0.29) is 0 Å². The van der Waals surface area contributed by atoms with Gasteiger partial charge in [0.05, 0.1) is 16.1 Å². The molecule has 0 bridgehead atoms. The van der Waals surface area contributed by atoms with Gasteiger partial charge in [-0.05, 0) is 32.0 Å². The summed E-state index contributed by atoms with van der Waals surface area (Å²) in [5.41, 5.74) is 5.86. The summed E-state index contributed by atoms with van der Waals surface area (Å²) < 4.78 is 5.13. The Morgan fingerprint density at radius 3 is 2.53 bits per heavy atom. The second-order valence-corrected chi connectivity index (χ2v) is 5.11. The van der Waals surface area contributed by atoms with Crippen LogP contribution < -0.4 is 5.73 Å². The van der Waals surface area contributed by atoms with E-state index in [4.69, 9.17) is 33.5 Å². The highest BCUT2D eigenvalue weighted by molar-refractivity contribution is 6.36. The van der Waals surface area contributed by atoms with Crippen LogP contribution in [0.25, 0.3) is 11.5 Å². The molecule has 0 radical (unpaired) electrons. The van der Waals surface area contributed by atoms with E-state index in [1.54, 1.807) is 32.0 Å². The van der Waals surface area contributed by atoms with Gasteiger partial charge in [-0.1, -0.05) is 28.4 Å². The van der Waals surface area contributed by atoms with Crippen LogP contribution in [0.3, 0.4) is 0 Å². The first-order chi connectivity index (χ1) is 7.88. The van der Waals surface area contributed by atoms with Crippen molar-refractivity contribution in [2.75, 3.05) is 0 Å². The summed E-state index contributed by atoms with van der Waals surface area (Å²) in [6, 6.07) is 5.06. The van der Waals surface area contributed by atoms with Crippen LogP contribution in [0.4, 0.5) is 0 Å². The maximum absolute atomic E-state index is 6.04. The molecule has 17 heavy (non-hydrogen) atoms. The van der Waals surface area contributed by atoms with E-state index in [1.807, 2.05) is 0 Å². The average molecular weight is 272 g/mol. The van der Waals surface area contributed by atoms with Gasteiger partial charge in [-0.3, -0.25) is 0 Å². The Bertz CT molecular complexity index is 546. The maximum Gasteiger partial charge on any atom is 0.259 e. The van der Waals surface area contributed by atoms with E-state index >= 15 is 0 Å². The minimum Gasteiger partial charge on any atom is -0.334 e. The first-order valence-corrected chi connectivity index (χ1v) is 5.72. The van der Waals surface area contributed by atoms with Gasteiger partial charge < -0.3 is 10.3 Å². The molecule has 2 aromatic rings. The van der Waals surface area contributed by atoms with E-state index in [0.29, 0.717) is 27.3 Å². The van der Waals surface area contributed by atoms with Gasteiger partial charge in [-0.2, -0.15) is 4.98 Å². The molecule has 2 N–H and O–H groups in total. The molecule has 1 aromatic heterocycles. The third-order valence-corrected chi connectivity index (χ3v) is 2.71. The third-order valence-electron chi connectivity index (χ3n) is 2.16. The summed E-state index contributed by atoms with van der Waals surface area (Å²) in [5.74, 6) is 0.763. The molecule has 90 valence electrons. The zero-order valence-electron chi connectivity index (χ0n) is 9.37. The molecule has 0 atom stereocenters. The molecule has 6 heteroatoms. The highest BCUT2D eigenvalue weighted by atomic mass is 35.5. The molecule has 2 rings (SSSR count). The Labute approximate surface area is 109 Å². The molecule has 0 aliphatic rings. The Morgan fingerprint density at radius 2 is 2.00 bits per heavy atom. The zero-order chi connectivity index (χ0) is 12.6. The smallest absolute Gasteiger partial charge is 0.259 e. The minimum absolute atomic E-state index is 0.334. The van der Waals surface area contributed by atoms with Crippen LogP contribution in [0.5, 0.6) is 0 Å². The zero-order valence-corrected chi connectivity index (χ0v) is 10.9. The number of halogens is 2. The van der Waals surface area contributed by atoms with Crippen LogP contribution in [-0.4, -0.2) is 10.1 Å².